The number of benzene rings is 1. The minimum absolute atomic E-state index is 0.0494. The summed E-state index contributed by atoms with van der Waals surface area (Å²) < 4.78 is 6.58. The van der Waals surface area contributed by atoms with E-state index in [4.69, 9.17) is 16.0 Å². The molecule has 0 aliphatic carbocycles. The molecule has 6 heteroatoms. The molecule has 2 heterocycles. The second-order valence-corrected chi connectivity index (χ2v) is 4.96. The lowest BCUT2D eigenvalue weighted by Gasteiger charge is -2.02. The largest absolute Gasteiger partial charge is 0.507 e. The Labute approximate surface area is 125 Å². The SMILES string of the molecule is Cc1cc(O)c(-c2ccn(-c3ccc(Cl)cc3)n2)c(=O)o1. The summed E-state index contributed by atoms with van der Waals surface area (Å²) in [6, 6.07) is 10.1. The molecular formula is C15H11ClN2O3. The highest BCUT2D eigenvalue weighted by atomic mass is 35.5. The topological polar surface area (TPSA) is 68.3 Å². The van der Waals surface area contributed by atoms with Crippen molar-refractivity contribution in [2.45, 2.75) is 6.92 Å². The summed E-state index contributed by atoms with van der Waals surface area (Å²) in [6.45, 7) is 1.59. The molecule has 0 saturated carbocycles. The van der Waals surface area contributed by atoms with E-state index in [1.807, 2.05) is 0 Å². The Balaban J connectivity index is 2.07. The third-order valence-electron chi connectivity index (χ3n) is 2.99. The van der Waals surface area contributed by atoms with Crippen molar-refractivity contribution in [1.29, 1.82) is 0 Å². The van der Waals surface area contributed by atoms with Gasteiger partial charge in [0.25, 0.3) is 0 Å². The molecule has 0 saturated heterocycles. The lowest BCUT2D eigenvalue weighted by molar-refractivity contribution is 0.438. The van der Waals surface area contributed by atoms with Crippen molar-refractivity contribution in [3.05, 3.63) is 63.8 Å². The molecule has 1 aromatic carbocycles. The van der Waals surface area contributed by atoms with E-state index < -0.39 is 5.63 Å². The fourth-order valence-corrected chi connectivity index (χ4v) is 2.15. The summed E-state index contributed by atoms with van der Waals surface area (Å²) in [7, 11) is 0. The third kappa shape index (κ3) is 2.55. The van der Waals surface area contributed by atoms with Crippen molar-refractivity contribution < 1.29 is 9.52 Å². The van der Waals surface area contributed by atoms with Gasteiger partial charge in [0, 0.05) is 17.3 Å². The molecule has 0 aliphatic heterocycles. The van der Waals surface area contributed by atoms with E-state index in [0.717, 1.165) is 5.69 Å². The smallest absolute Gasteiger partial charge is 0.349 e. The number of halogens is 1. The summed E-state index contributed by atoms with van der Waals surface area (Å²) in [5.74, 6) is 0.198. The predicted molar refractivity (Wildman–Crippen MR) is 78.9 cm³/mol. The van der Waals surface area contributed by atoms with E-state index in [0.29, 0.717) is 16.5 Å². The number of aromatic nitrogens is 2. The maximum atomic E-state index is 11.9. The molecule has 3 aromatic rings. The van der Waals surface area contributed by atoms with Crippen LogP contribution in [-0.2, 0) is 0 Å². The Morgan fingerprint density at radius 1 is 1.24 bits per heavy atom. The average Bonchev–Trinajstić information content (AvgIpc) is 2.87. The second-order valence-electron chi connectivity index (χ2n) is 4.53. The van der Waals surface area contributed by atoms with E-state index in [1.54, 1.807) is 48.1 Å². The van der Waals surface area contributed by atoms with Crippen LogP contribution in [0.4, 0.5) is 0 Å². The van der Waals surface area contributed by atoms with Gasteiger partial charge in [0.15, 0.2) is 0 Å². The van der Waals surface area contributed by atoms with Crippen LogP contribution in [0.1, 0.15) is 5.76 Å². The summed E-state index contributed by atoms with van der Waals surface area (Å²) in [4.78, 5) is 11.9. The van der Waals surface area contributed by atoms with Crippen LogP contribution in [0, 0.1) is 6.92 Å². The van der Waals surface area contributed by atoms with Gasteiger partial charge in [-0.3, -0.25) is 0 Å². The molecular weight excluding hydrogens is 292 g/mol. The van der Waals surface area contributed by atoms with Crippen LogP contribution < -0.4 is 5.63 Å². The van der Waals surface area contributed by atoms with Crippen molar-refractivity contribution in [3.63, 3.8) is 0 Å². The molecule has 21 heavy (non-hydrogen) atoms. The molecule has 106 valence electrons. The number of rotatable bonds is 2. The summed E-state index contributed by atoms with van der Waals surface area (Å²) in [6.07, 6.45) is 1.69. The van der Waals surface area contributed by atoms with Gasteiger partial charge >= 0.3 is 5.63 Å². The van der Waals surface area contributed by atoms with Crippen molar-refractivity contribution in [1.82, 2.24) is 9.78 Å². The fourth-order valence-electron chi connectivity index (χ4n) is 2.03. The summed E-state index contributed by atoms with van der Waals surface area (Å²) >= 11 is 5.84. The van der Waals surface area contributed by atoms with Gasteiger partial charge in [0.1, 0.15) is 22.8 Å². The van der Waals surface area contributed by atoms with E-state index in [2.05, 4.69) is 5.10 Å². The zero-order valence-corrected chi connectivity index (χ0v) is 11.8. The van der Waals surface area contributed by atoms with E-state index >= 15 is 0 Å². The van der Waals surface area contributed by atoms with Crippen molar-refractivity contribution in [2.24, 2.45) is 0 Å². The van der Waals surface area contributed by atoms with Gasteiger partial charge in [0.05, 0.1) is 5.69 Å². The molecule has 3 rings (SSSR count). The second kappa shape index (κ2) is 5.10. The molecule has 0 aliphatic rings. The Kier molecular flexibility index (Phi) is 3.27. The predicted octanol–water partition coefficient (Wildman–Crippen LogP) is 3.16. The van der Waals surface area contributed by atoms with Crippen LogP contribution in [0.15, 0.2) is 51.8 Å². The van der Waals surface area contributed by atoms with Gasteiger partial charge in [-0.05, 0) is 37.3 Å². The van der Waals surface area contributed by atoms with Crippen LogP contribution in [0.2, 0.25) is 5.02 Å². The first-order valence-corrected chi connectivity index (χ1v) is 6.58. The fraction of sp³-hybridized carbons (Fsp3) is 0.0667. The normalized spacial score (nSPS) is 10.8. The molecule has 0 spiro atoms. The molecule has 5 nitrogen and oxygen atoms in total. The van der Waals surface area contributed by atoms with Crippen LogP contribution >= 0.6 is 11.6 Å². The first-order chi connectivity index (χ1) is 10.0. The zero-order valence-electron chi connectivity index (χ0n) is 11.1. The molecule has 0 radical (unpaired) electrons. The van der Waals surface area contributed by atoms with Gasteiger partial charge in [-0.1, -0.05) is 11.6 Å². The zero-order chi connectivity index (χ0) is 15.0. The van der Waals surface area contributed by atoms with Crippen LogP contribution in [0.25, 0.3) is 16.9 Å². The highest BCUT2D eigenvalue weighted by Crippen LogP contribution is 2.25. The lowest BCUT2D eigenvalue weighted by Crippen LogP contribution is -2.05. The molecule has 0 unspecified atom stereocenters. The van der Waals surface area contributed by atoms with Gasteiger partial charge < -0.3 is 9.52 Å². The van der Waals surface area contributed by atoms with Gasteiger partial charge in [0.2, 0.25) is 0 Å². The Hall–Kier alpha value is -2.53. The first kappa shape index (κ1) is 13.5. The number of hydrogen-bond acceptors (Lipinski definition) is 4. The third-order valence-corrected chi connectivity index (χ3v) is 3.24. The summed E-state index contributed by atoms with van der Waals surface area (Å²) in [5.41, 5.74) is 0.569. The average molecular weight is 303 g/mol. The number of hydrogen-bond donors (Lipinski definition) is 1. The van der Waals surface area contributed by atoms with Crippen molar-refractivity contribution in [3.8, 4) is 22.7 Å². The van der Waals surface area contributed by atoms with Gasteiger partial charge in [-0.2, -0.15) is 5.10 Å². The van der Waals surface area contributed by atoms with Crippen molar-refractivity contribution in [2.75, 3.05) is 0 Å². The quantitative estimate of drug-likeness (QED) is 0.789. The monoisotopic (exact) mass is 302 g/mol. The maximum Gasteiger partial charge on any atom is 0.349 e. The number of nitrogens with zero attached hydrogens (tertiary/aromatic N) is 2. The Morgan fingerprint density at radius 3 is 2.62 bits per heavy atom. The van der Waals surface area contributed by atoms with E-state index in [9.17, 15) is 9.90 Å². The van der Waals surface area contributed by atoms with Gasteiger partial charge in [-0.25, -0.2) is 9.48 Å². The van der Waals surface area contributed by atoms with Crippen molar-refractivity contribution >= 4 is 11.6 Å². The standard InChI is InChI=1S/C15H11ClN2O3/c1-9-8-13(19)14(15(20)21-9)12-6-7-18(17-12)11-4-2-10(16)3-5-11/h2-8,19H,1H3. The van der Waals surface area contributed by atoms with Gasteiger partial charge in [-0.15, -0.1) is 0 Å². The molecule has 1 N–H and O–H groups in total. The molecule has 0 atom stereocenters. The summed E-state index contributed by atoms with van der Waals surface area (Å²) in [5, 5.41) is 14.8. The van der Waals surface area contributed by atoms with Crippen LogP contribution in [0.5, 0.6) is 5.75 Å². The highest BCUT2D eigenvalue weighted by Gasteiger charge is 2.15. The molecule has 0 fully saturated rings. The molecule has 0 amide bonds. The van der Waals surface area contributed by atoms with E-state index in [-0.39, 0.29) is 11.3 Å². The molecule has 2 aromatic heterocycles. The van der Waals surface area contributed by atoms with Crippen LogP contribution in [0.3, 0.4) is 0 Å². The Morgan fingerprint density at radius 2 is 1.95 bits per heavy atom. The Bertz CT molecular complexity index is 850. The highest BCUT2D eigenvalue weighted by molar-refractivity contribution is 6.30. The lowest BCUT2D eigenvalue weighted by atomic mass is 10.2. The maximum absolute atomic E-state index is 11.9. The minimum atomic E-state index is -0.617. The van der Waals surface area contributed by atoms with Crippen LogP contribution in [-0.4, -0.2) is 14.9 Å². The number of aryl methyl sites for hydroxylation is 1. The minimum Gasteiger partial charge on any atom is -0.507 e. The number of aromatic hydroxyl groups is 1. The van der Waals surface area contributed by atoms with E-state index in [1.165, 1.54) is 6.07 Å². The first-order valence-electron chi connectivity index (χ1n) is 6.20. The molecule has 0 bridgehead atoms.